The third-order valence-corrected chi connectivity index (χ3v) is 3.90. The number of carbonyl (C=O) groups is 1. The lowest BCUT2D eigenvalue weighted by Gasteiger charge is -2.22. The van der Waals surface area contributed by atoms with E-state index in [4.69, 9.17) is 9.15 Å². The minimum atomic E-state index is -0.0404. The Labute approximate surface area is 154 Å². The lowest BCUT2D eigenvalue weighted by atomic mass is 10.1. The summed E-state index contributed by atoms with van der Waals surface area (Å²) in [5.74, 6) is 1.48. The molecule has 0 fully saturated rings. The molecule has 1 amide bonds. The van der Waals surface area contributed by atoms with Crippen LogP contribution in [0, 0.1) is 0 Å². The van der Waals surface area contributed by atoms with E-state index in [9.17, 15) is 4.79 Å². The quantitative estimate of drug-likeness (QED) is 0.609. The Kier molecular flexibility index (Phi) is 5.74. The van der Waals surface area contributed by atoms with Crippen LogP contribution in [-0.4, -0.2) is 16.9 Å². The van der Waals surface area contributed by atoms with Crippen molar-refractivity contribution >= 4 is 5.91 Å². The molecule has 0 aliphatic carbocycles. The molecule has 26 heavy (non-hydrogen) atoms. The minimum Gasteiger partial charge on any atom is -0.491 e. The standard InChI is InChI=1S/C22H23NO3/c1-17(2)26-20-12-10-19(11-13-20)22(24)23(16-21-9-6-14-25-21)15-18-7-4-3-5-8-18/h3-14,17H,15-16H2,1-2H3. The summed E-state index contributed by atoms with van der Waals surface area (Å²) < 4.78 is 11.1. The van der Waals surface area contributed by atoms with Crippen molar-refractivity contribution in [2.75, 3.05) is 0 Å². The number of nitrogens with zero attached hydrogens (tertiary/aromatic N) is 1. The van der Waals surface area contributed by atoms with E-state index in [0.29, 0.717) is 18.7 Å². The van der Waals surface area contributed by atoms with Gasteiger partial charge in [0.2, 0.25) is 0 Å². The van der Waals surface area contributed by atoms with Crippen molar-refractivity contribution in [2.24, 2.45) is 0 Å². The fourth-order valence-corrected chi connectivity index (χ4v) is 2.72. The molecule has 2 aromatic carbocycles. The maximum atomic E-state index is 13.1. The topological polar surface area (TPSA) is 42.7 Å². The molecule has 4 nitrogen and oxygen atoms in total. The molecule has 134 valence electrons. The fraction of sp³-hybridized carbons (Fsp3) is 0.227. The molecule has 0 aliphatic rings. The van der Waals surface area contributed by atoms with Gasteiger partial charge >= 0.3 is 0 Å². The summed E-state index contributed by atoms with van der Waals surface area (Å²) in [4.78, 5) is 14.8. The number of benzene rings is 2. The van der Waals surface area contributed by atoms with Gasteiger partial charge in [0.15, 0.2) is 0 Å². The van der Waals surface area contributed by atoms with Gasteiger partial charge in [0.05, 0.1) is 18.9 Å². The van der Waals surface area contributed by atoms with Gasteiger partial charge in [-0.15, -0.1) is 0 Å². The van der Waals surface area contributed by atoms with Crippen molar-refractivity contribution in [1.29, 1.82) is 0 Å². The maximum Gasteiger partial charge on any atom is 0.254 e. The fourth-order valence-electron chi connectivity index (χ4n) is 2.72. The second kappa shape index (κ2) is 8.39. The first-order valence-corrected chi connectivity index (χ1v) is 8.74. The molecule has 1 aromatic heterocycles. The predicted octanol–water partition coefficient (Wildman–Crippen LogP) is 4.91. The zero-order chi connectivity index (χ0) is 18.4. The van der Waals surface area contributed by atoms with Crippen molar-refractivity contribution in [3.05, 3.63) is 89.9 Å². The third kappa shape index (κ3) is 4.76. The smallest absolute Gasteiger partial charge is 0.254 e. The second-order valence-electron chi connectivity index (χ2n) is 6.42. The number of rotatable bonds is 7. The predicted molar refractivity (Wildman–Crippen MR) is 101 cm³/mol. The third-order valence-electron chi connectivity index (χ3n) is 3.90. The van der Waals surface area contributed by atoms with Crippen LogP contribution in [0.4, 0.5) is 0 Å². The summed E-state index contributed by atoms with van der Waals surface area (Å²) in [6, 6.07) is 20.9. The van der Waals surface area contributed by atoms with Crippen LogP contribution in [-0.2, 0) is 13.1 Å². The Morgan fingerprint density at radius 2 is 1.69 bits per heavy atom. The van der Waals surface area contributed by atoms with Crippen LogP contribution in [0.25, 0.3) is 0 Å². The number of furan rings is 1. The van der Waals surface area contributed by atoms with Crippen LogP contribution < -0.4 is 4.74 Å². The molecule has 3 aromatic rings. The van der Waals surface area contributed by atoms with Gasteiger partial charge in [-0.3, -0.25) is 4.79 Å². The number of hydrogen-bond acceptors (Lipinski definition) is 3. The first-order valence-electron chi connectivity index (χ1n) is 8.74. The zero-order valence-corrected chi connectivity index (χ0v) is 15.1. The van der Waals surface area contributed by atoms with Crippen molar-refractivity contribution in [2.45, 2.75) is 33.0 Å². The van der Waals surface area contributed by atoms with E-state index in [1.807, 2.05) is 68.4 Å². The van der Waals surface area contributed by atoms with Gasteiger partial charge in [-0.1, -0.05) is 30.3 Å². The number of amides is 1. The first kappa shape index (κ1) is 17.8. The summed E-state index contributed by atoms with van der Waals surface area (Å²) in [5, 5.41) is 0. The molecular weight excluding hydrogens is 326 g/mol. The Bertz CT molecular complexity index is 808. The zero-order valence-electron chi connectivity index (χ0n) is 15.1. The molecule has 0 radical (unpaired) electrons. The average molecular weight is 349 g/mol. The highest BCUT2D eigenvalue weighted by Gasteiger charge is 2.18. The van der Waals surface area contributed by atoms with E-state index < -0.39 is 0 Å². The summed E-state index contributed by atoms with van der Waals surface area (Å²) in [5.41, 5.74) is 1.70. The van der Waals surface area contributed by atoms with E-state index in [1.54, 1.807) is 23.3 Å². The van der Waals surface area contributed by atoms with Crippen LogP contribution in [0.5, 0.6) is 5.75 Å². The average Bonchev–Trinajstić information content (AvgIpc) is 3.15. The summed E-state index contributed by atoms with van der Waals surface area (Å²) >= 11 is 0. The molecule has 0 atom stereocenters. The Balaban J connectivity index is 1.79. The van der Waals surface area contributed by atoms with Gasteiger partial charge in [-0.05, 0) is 55.8 Å². The molecule has 0 saturated carbocycles. The van der Waals surface area contributed by atoms with Crippen molar-refractivity contribution in [3.8, 4) is 5.75 Å². The molecule has 1 heterocycles. The van der Waals surface area contributed by atoms with Crippen LogP contribution in [0.2, 0.25) is 0 Å². The van der Waals surface area contributed by atoms with Gasteiger partial charge in [0.1, 0.15) is 11.5 Å². The summed E-state index contributed by atoms with van der Waals surface area (Å²) in [6.45, 7) is 4.89. The maximum absolute atomic E-state index is 13.1. The number of carbonyl (C=O) groups excluding carboxylic acids is 1. The lowest BCUT2D eigenvalue weighted by molar-refractivity contribution is 0.0717. The molecule has 0 spiro atoms. The molecule has 0 bridgehead atoms. The largest absolute Gasteiger partial charge is 0.491 e. The summed E-state index contributed by atoms with van der Waals surface area (Å²) in [7, 11) is 0. The highest BCUT2D eigenvalue weighted by atomic mass is 16.5. The Hall–Kier alpha value is -3.01. The minimum absolute atomic E-state index is 0.0404. The first-order chi connectivity index (χ1) is 12.6. The monoisotopic (exact) mass is 349 g/mol. The van der Waals surface area contributed by atoms with Crippen LogP contribution in [0.3, 0.4) is 0 Å². The molecular formula is C22H23NO3. The van der Waals surface area contributed by atoms with Crippen LogP contribution >= 0.6 is 0 Å². The Morgan fingerprint density at radius 1 is 0.962 bits per heavy atom. The van der Waals surface area contributed by atoms with Gasteiger partial charge in [-0.2, -0.15) is 0 Å². The van der Waals surface area contributed by atoms with Crippen molar-refractivity contribution in [3.63, 3.8) is 0 Å². The second-order valence-corrected chi connectivity index (χ2v) is 6.42. The van der Waals surface area contributed by atoms with Gasteiger partial charge in [0, 0.05) is 12.1 Å². The highest BCUT2D eigenvalue weighted by Crippen LogP contribution is 2.18. The molecule has 3 rings (SSSR count). The van der Waals surface area contributed by atoms with E-state index in [-0.39, 0.29) is 12.0 Å². The van der Waals surface area contributed by atoms with Gasteiger partial charge in [0.25, 0.3) is 5.91 Å². The normalized spacial score (nSPS) is 10.7. The van der Waals surface area contributed by atoms with Crippen LogP contribution in [0.15, 0.2) is 77.4 Å². The van der Waals surface area contributed by atoms with E-state index in [1.165, 1.54) is 0 Å². The lowest BCUT2D eigenvalue weighted by Crippen LogP contribution is -2.30. The van der Waals surface area contributed by atoms with Crippen LogP contribution in [0.1, 0.15) is 35.5 Å². The molecule has 4 heteroatoms. The summed E-state index contributed by atoms with van der Waals surface area (Å²) in [6.07, 6.45) is 1.73. The molecule has 0 unspecified atom stereocenters. The highest BCUT2D eigenvalue weighted by molar-refractivity contribution is 5.94. The Morgan fingerprint density at radius 3 is 2.31 bits per heavy atom. The van der Waals surface area contributed by atoms with E-state index in [2.05, 4.69) is 0 Å². The van der Waals surface area contributed by atoms with Gasteiger partial charge in [-0.25, -0.2) is 0 Å². The van der Waals surface area contributed by atoms with Crippen molar-refractivity contribution < 1.29 is 13.9 Å². The SMILES string of the molecule is CC(C)Oc1ccc(C(=O)N(Cc2ccccc2)Cc2ccco2)cc1. The molecule has 0 N–H and O–H groups in total. The van der Waals surface area contributed by atoms with Gasteiger partial charge < -0.3 is 14.1 Å². The van der Waals surface area contributed by atoms with E-state index in [0.717, 1.165) is 17.1 Å². The van der Waals surface area contributed by atoms with E-state index >= 15 is 0 Å². The number of hydrogen-bond donors (Lipinski definition) is 0. The number of ether oxygens (including phenoxy) is 1. The molecule has 0 aliphatic heterocycles. The van der Waals surface area contributed by atoms with Crippen molar-refractivity contribution in [1.82, 2.24) is 4.90 Å². The molecule has 0 saturated heterocycles.